The van der Waals surface area contributed by atoms with Crippen LogP contribution in [0.15, 0.2) is 53.4 Å². The quantitative estimate of drug-likeness (QED) is 0.420. The van der Waals surface area contributed by atoms with Crippen LogP contribution in [0, 0.1) is 11.3 Å². The predicted octanol–water partition coefficient (Wildman–Crippen LogP) is 3.07. The second kappa shape index (κ2) is 8.56. The van der Waals surface area contributed by atoms with Crippen molar-refractivity contribution in [2.75, 3.05) is 10.6 Å². The van der Waals surface area contributed by atoms with E-state index in [1.807, 2.05) is 6.07 Å². The second-order valence-electron chi connectivity index (χ2n) is 6.83. The van der Waals surface area contributed by atoms with Gasteiger partial charge in [0.1, 0.15) is 0 Å². The molecule has 0 bridgehead atoms. The van der Waals surface area contributed by atoms with Crippen LogP contribution in [0.1, 0.15) is 33.3 Å². The van der Waals surface area contributed by atoms with Crippen LogP contribution >= 0.6 is 0 Å². The number of carboxylic acid groups (broad SMARTS) is 1. The summed E-state index contributed by atoms with van der Waals surface area (Å²) >= 11 is 0. The van der Waals surface area contributed by atoms with E-state index < -0.39 is 11.9 Å². The van der Waals surface area contributed by atoms with Gasteiger partial charge in [0.05, 0.1) is 45.8 Å². The molecule has 4 aromatic rings. The zero-order valence-corrected chi connectivity index (χ0v) is 17.0. The number of nitrogens with zero attached hydrogens (tertiary/aromatic N) is 4. The highest BCUT2D eigenvalue weighted by atomic mass is 16.5. The predicted molar refractivity (Wildman–Crippen MR) is 115 cm³/mol. The van der Waals surface area contributed by atoms with Gasteiger partial charge in [0.2, 0.25) is 5.91 Å². The highest BCUT2D eigenvalue weighted by Crippen LogP contribution is 2.33. The van der Waals surface area contributed by atoms with E-state index in [1.165, 1.54) is 43.7 Å². The number of rotatable bonds is 5. The number of benzene rings is 2. The number of carbonyl (C=O) groups is 3. The smallest absolute Gasteiger partial charge is 0.337 e. The van der Waals surface area contributed by atoms with Crippen LogP contribution in [0.4, 0.5) is 11.4 Å². The summed E-state index contributed by atoms with van der Waals surface area (Å²) in [6.45, 7) is 1.35. The van der Waals surface area contributed by atoms with E-state index in [4.69, 9.17) is 9.78 Å². The van der Waals surface area contributed by atoms with E-state index >= 15 is 0 Å². The topological polar surface area (TPSA) is 171 Å². The summed E-state index contributed by atoms with van der Waals surface area (Å²) in [5.41, 5.74) is 1.30. The van der Waals surface area contributed by atoms with Crippen LogP contribution in [0.5, 0.6) is 0 Å². The fraction of sp³-hybridized carbons (Fsp3) is 0.0455. The standard InChI is InChI=1S/C22H14N6O5/c1-11(29)26-17-8-19-15(7-13(17)18-10-24-4-5-25-18)20(28-33-19)21(30)27-16-3-2-12(9-23)6-14(16)22(31)32/h2-8,10H,1H3,(H,26,29)(H,27,30)(H,31,32). The molecule has 11 nitrogen and oxygen atoms in total. The van der Waals surface area contributed by atoms with Gasteiger partial charge in [-0.2, -0.15) is 5.26 Å². The Kier molecular flexibility index (Phi) is 5.48. The fourth-order valence-electron chi connectivity index (χ4n) is 3.17. The molecule has 4 rings (SSSR count). The first-order valence-electron chi connectivity index (χ1n) is 9.43. The second-order valence-corrected chi connectivity index (χ2v) is 6.83. The Bertz CT molecular complexity index is 1460. The number of hydrogen-bond donors (Lipinski definition) is 3. The lowest BCUT2D eigenvalue weighted by Crippen LogP contribution is -2.15. The molecule has 0 saturated heterocycles. The molecular weight excluding hydrogens is 428 g/mol. The number of anilines is 2. The van der Waals surface area contributed by atoms with Gasteiger partial charge in [0.25, 0.3) is 5.91 Å². The molecule has 0 aliphatic carbocycles. The number of nitrogens with one attached hydrogen (secondary N) is 2. The molecule has 0 radical (unpaired) electrons. The SMILES string of the molecule is CC(=O)Nc1cc2onc(C(=O)Nc3ccc(C#N)cc3C(=O)O)c2cc1-c1cnccn1. The van der Waals surface area contributed by atoms with Gasteiger partial charge in [-0.3, -0.25) is 19.6 Å². The first-order valence-corrected chi connectivity index (χ1v) is 9.43. The number of nitriles is 1. The molecule has 2 heterocycles. The van der Waals surface area contributed by atoms with Crippen LogP contribution in [0.25, 0.3) is 22.2 Å². The zero-order chi connectivity index (χ0) is 23.5. The van der Waals surface area contributed by atoms with Crippen molar-refractivity contribution < 1.29 is 24.0 Å². The van der Waals surface area contributed by atoms with Gasteiger partial charge in [0.15, 0.2) is 11.3 Å². The van der Waals surface area contributed by atoms with Crippen molar-refractivity contribution in [3.05, 3.63) is 65.7 Å². The largest absolute Gasteiger partial charge is 0.478 e. The van der Waals surface area contributed by atoms with Gasteiger partial charge in [-0.05, 0) is 24.3 Å². The minimum Gasteiger partial charge on any atom is -0.478 e. The van der Waals surface area contributed by atoms with Crippen LogP contribution < -0.4 is 10.6 Å². The lowest BCUT2D eigenvalue weighted by Gasteiger charge is -2.10. The minimum atomic E-state index is -1.31. The van der Waals surface area contributed by atoms with Crippen molar-refractivity contribution >= 4 is 40.1 Å². The van der Waals surface area contributed by atoms with Crippen LogP contribution in [-0.4, -0.2) is 38.0 Å². The van der Waals surface area contributed by atoms with Gasteiger partial charge in [-0.25, -0.2) is 4.79 Å². The van der Waals surface area contributed by atoms with Crippen molar-refractivity contribution in [1.82, 2.24) is 15.1 Å². The average molecular weight is 442 g/mol. The van der Waals surface area contributed by atoms with Crippen molar-refractivity contribution in [3.8, 4) is 17.3 Å². The lowest BCUT2D eigenvalue weighted by atomic mass is 10.0. The lowest BCUT2D eigenvalue weighted by molar-refractivity contribution is -0.114. The van der Waals surface area contributed by atoms with E-state index in [2.05, 4.69) is 25.8 Å². The molecule has 11 heteroatoms. The minimum absolute atomic E-state index is 0.00772. The highest BCUT2D eigenvalue weighted by molar-refractivity contribution is 6.14. The van der Waals surface area contributed by atoms with Crippen LogP contribution in [0.3, 0.4) is 0 Å². The molecule has 0 unspecified atom stereocenters. The number of carboxylic acids is 1. The van der Waals surface area contributed by atoms with Crippen molar-refractivity contribution in [2.24, 2.45) is 0 Å². The number of aromatic carboxylic acids is 1. The molecule has 0 aliphatic rings. The Morgan fingerprint density at radius 2 is 1.91 bits per heavy atom. The molecule has 162 valence electrons. The molecule has 2 aromatic heterocycles. The Hall–Kier alpha value is -5.11. The zero-order valence-electron chi connectivity index (χ0n) is 17.0. The molecule has 2 amide bonds. The third-order valence-electron chi connectivity index (χ3n) is 4.60. The molecule has 3 N–H and O–H groups in total. The van der Waals surface area contributed by atoms with Crippen molar-refractivity contribution in [3.63, 3.8) is 0 Å². The van der Waals surface area contributed by atoms with E-state index in [-0.39, 0.29) is 34.0 Å². The van der Waals surface area contributed by atoms with Gasteiger partial charge in [-0.15, -0.1) is 0 Å². The molecule has 0 aliphatic heterocycles. The fourth-order valence-corrected chi connectivity index (χ4v) is 3.17. The number of fused-ring (bicyclic) bond motifs is 1. The Balaban J connectivity index is 1.78. The van der Waals surface area contributed by atoms with Crippen LogP contribution in [-0.2, 0) is 4.79 Å². The van der Waals surface area contributed by atoms with Crippen molar-refractivity contribution in [1.29, 1.82) is 5.26 Å². The molecule has 0 atom stereocenters. The summed E-state index contributed by atoms with van der Waals surface area (Å²) in [7, 11) is 0. The number of amides is 2. The molecule has 33 heavy (non-hydrogen) atoms. The Labute approximate surface area is 185 Å². The van der Waals surface area contributed by atoms with Gasteiger partial charge in [0, 0.05) is 30.9 Å². The molecular formula is C22H14N6O5. The third kappa shape index (κ3) is 4.21. The maximum absolute atomic E-state index is 12.9. The van der Waals surface area contributed by atoms with Gasteiger partial charge >= 0.3 is 5.97 Å². The third-order valence-corrected chi connectivity index (χ3v) is 4.60. The first kappa shape index (κ1) is 21.1. The molecule has 0 spiro atoms. The van der Waals surface area contributed by atoms with Crippen molar-refractivity contribution in [2.45, 2.75) is 6.92 Å². The summed E-state index contributed by atoms with van der Waals surface area (Å²) in [5, 5.41) is 27.7. The van der Waals surface area contributed by atoms with E-state index in [0.717, 1.165) is 6.07 Å². The molecule has 0 saturated carbocycles. The first-order chi connectivity index (χ1) is 15.9. The average Bonchev–Trinajstić information content (AvgIpc) is 3.21. The number of hydrogen-bond acceptors (Lipinski definition) is 8. The Morgan fingerprint density at radius 1 is 1.09 bits per heavy atom. The number of aromatic nitrogens is 3. The maximum Gasteiger partial charge on any atom is 0.337 e. The van der Waals surface area contributed by atoms with E-state index in [1.54, 1.807) is 6.07 Å². The van der Waals surface area contributed by atoms with E-state index in [0.29, 0.717) is 22.3 Å². The Morgan fingerprint density at radius 3 is 2.58 bits per heavy atom. The molecule has 0 fully saturated rings. The number of carbonyl (C=O) groups excluding carboxylic acids is 2. The monoisotopic (exact) mass is 442 g/mol. The van der Waals surface area contributed by atoms with Gasteiger partial charge < -0.3 is 20.3 Å². The van der Waals surface area contributed by atoms with Crippen LogP contribution in [0.2, 0.25) is 0 Å². The normalized spacial score (nSPS) is 10.4. The summed E-state index contributed by atoms with van der Waals surface area (Å²) in [4.78, 5) is 44.4. The van der Waals surface area contributed by atoms with Gasteiger partial charge in [-0.1, -0.05) is 5.16 Å². The summed E-state index contributed by atoms with van der Waals surface area (Å²) in [5.74, 6) is -2.35. The maximum atomic E-state index is 12.9. The summed E-state index contributed by atoms with van der Waals surface area (Å²) < 4.78 is 5.28. The molecule has 2 aromatic carbocycles. The summed E-state index contributed by atoms with van der Waals surface area (Å²) in [6.07, 6.45) is 4.47. The highest BCUT2D eigenvalue weighted by Gasteiger charge is 2.22. The van der Waals surface area contributed by atoms with E-state index in [9.17, 15) is 19.5 Å². The summed E-state index contributed by atoms with van der Waals surface area (Å²) in [6, 6.07) is 8.80.